The average Bonchev–Trinajstić information content (AvgIpc) is 2.60. The quantitative estimate of drug-likeness (QED) is 0.818. The summed E-state index contributed by atoms with van der Waals surface area (Å²) in [5.41, 5.74) is 7.10. The number of hydrogen-bond donors (Lipinski definition) is 2. The Labute approximate surface area is 141 Å². The number of nitrogens with zero attached hydrogens (tertiary/aromatic N) is 1. The number of nitrogens with two attached hydrogens (primary N) is 1. The zero-order valence-corrected chi connectivity index (χ0v) is 13.7. The molecule has 5 nitrogen and oxygen atoms in total. The number of aliphatic hydroxyl groups excluding tert-OH is 1. The van der Waals surface area contributed by atoms with Gasteiger partial charge in [0.25, 0.3) is 5.91 Å². The minimum absolute atomic E-state index is 0.0142. The van der Waals surface area contributed by atoms with Gasteiger partial charge < -0.3 is 15.7 Å². The van der Waals surface area contributed by atoms with E-state index in [9.17, 15) is 14.7 Å². The summed E-state index contributed by atoms with van der Waals surface area (Å²) < 4.78 is 0. The standard InChI is InChI=1S/C19H22N2O3/c1-14(11-12-22)21(13-15-5-3-2-4-6-15)19(24)17-9-7-16(8-10-17)18(20)23/h2-10,14,22H,11-13H2,1H3,(H2,20,23). The van der Waals surface area contributed by atoms with E-state index in [2.05, 4.69) is 0 Å². The van der Waals surface area contributed by atoms with E-state index in [1.165, 1.54) is 0 Å². The van der Waals surface area contributed by atoms with Crippen LogP contribution in [-0.2, 0) is 6.54 Å². The summed E-state index contributed by atoms with van der Waals surface area (Å²) in [4.78, 5) is 25.8. The highest BCUT2D eigenvalue weighted by Crippen LogP contribution is 2.16. The van der Waals surface area contributed by atoms with Crippen molar-refractivity contribution in [2.45, 2.75) is 25.9 Å². The smallest absolute Gasteiger partial charge is 0.254 e. The lowest BCUT2D eigenvalue weighted by Crippen LogP contribution is -2.38. The third-order valence-corrected chi connectivity index (χ3v) is 3.95. The van der Waals surface area contributed by atoms with Crippen molar-refractivity contribution in [2.24, 2.45) is 5.73 Å². The van der Waals surface area contributed by atoms with Gasteiger partial charge in [-0.25, -0.2) is 0 Å². The molecule has 1 unspecified atom stereocenters. The predicted octanol–water partition coefficient (Wildman–Crippen LogP) is 2.20. The van der Waals surface area contributed by atoms with E-state index in [1.807, 2.05) is 37.3 Å². The van der Waals surface area contributed by atoms with Gasteiger partial charge in [0.05, 0.1) is 0 Å². The number of carbonyl (C=O) groups is 2. The fourth-order valence-electron chi connectivity index (χ4n) is 2.49. The van der Waals surface area contributed by atoms with Gasteiger partial charge in [0.15, 0.2) is 0 Å². The van der Waals surface area contributed by atoms with Gasteiger partial charge in [0.2, 0.25) is 5.91 Å². The number of primary amides is 1. The molecule has 2 aromatic rings. The SMILES string of the molecule is CC(CCO)N(Cc1ccccc1)C(=O)c1ccc(C(N)=O)cc1. The van der Waals surface area contributed by atoms with E-state index in [-0.39, 0.29) is 18.6 Å². The largest absolute Gasteiger partial charge is 0.396 e. The van der Waals surface area contributed by atoms with Crippen LogP contribution in [0.25, 0.3) is 0 Å². The maximum atomic E-state index is 12.9. The molecule has 2 rings (SSSR count). The predicted molar refractivity (Wildman–Crippen MR) is 92.4 cm³/mol. The van der Waals surface area contributed by atoms with E-state index in [1.54, 1.807) is 29.2 Å². The van der Waals surface area contributed by atoms with Gasteiger partial charge in [0.1, 0.15) is 0 Å². The molecule has 0 saturated heterocycles. The molecule has 5 heteroatoms. The molecule has 3 N–H and O–H groups in total. The van der Waals surface area contributed by atoms with Crippen LogP contribution < -0.4 is 5.73 Å². The Hall–Kier alpha value is -2.66. The van der Waals surface area contributed by atoms with Gasteiger partial charge in [-0.05, 0) is 43.2 Å². The van der Waals surface area contributed by atoms with Crippen molar-refractivity contribution in [3.63, 3.8) is 0 Å². The number of rotatable bonds is 7. The van der Waals surface area contributed by atoms with Crippen LogP contribution in [0.4, 0.5) is 0 Å². The van der Waals surface area contributed by atoms with Crippen molar-refractivity contribution in [1.82, 2.24) is 4.90 Å². The Kier molecular flexibility index (Phi) is 6.09. The van der Waals surface area contributed by atoms with E-state index >= 15 is 0 Å². The first kappa shape index (κ1) is 17.7. The topological polar surface area (TPSA) is 83.6 Å². The number of aliphatic hydroxyl groups is 1. The van der Waals surface area contributed by atoms with Gasteiger partial charge in [0, 0.05) is 30.3 Å². The lowest BCUT2D eigenvalue weighted by molar-refractivity contribution is 0.0648. The summed E-state index contributed by atoms with van der Waals surface area (Å²) in [5, 5.41) is 9.21. The van der Waals surface area contributed by atoms with Crippen molar-refractivity contribution in [3.8, 4) is 0 Å². The van der Waals surface area contributed by atoms with Gasteiger partial charge in [-0.15, -0.1) is 0 Å². The molecule has 0 aliphatic carbocycles. The van der Waals surface area contributed by atoms with Crippen molar-refractivity contribution in [2.75, 3.05) is 6.61 Å². The van der Waals surface area contributed by atoms with Gasteiger partial charge in [-0.2, -0.15) is 0 Å². The fraction of sp³-hybridized carbons (Fsp3) is 0.263. The molecule has 0 bridgehead atoms. The second-order valence-corrected chi connectivity index (χ2v) is 5.72. The van der Waals surface area contributed by atoms with Crippen LogP contribution in [0.5, 0.6) is 0 Å². The molecule has 0 fully saturated rings. The first-order valence-corrected chi connectivity index (χ1v) is 7.88. The van der Waals surface area contributed by atoms with Crippen molar-refractivity contribution in [1.29, 1.82) is 0 Å². The highest BCUT2D eigenvalue weighted by atomic mass is 16.3. The second kappa shape index (κ2) is 8.26. The fourth-order valence-corrected chi connectivity index (χ4v) is 2.49. The zero-order valence-electron chi connectivity index (χ0n) is 13.7. The van der Waals surface area contributed by atoms with Crippen LogP contribution in [0, 0.1) is 0 Å². The number of benzene rings is 2. The van der Waals surface area contributed by atoms with Crippen molar-refractivity contribution < 1.29 is 14.7 Å². The average molecular weight is 326 g/mol. The molecule has 24 heavy (non-hydrogen) atoms. The first-order chi connectivity index (χ1) is 11.5. The third kappa shape index (κ3) is 4.43. The molecular formula is C19H22N2O3. The molecule has 0 spiro atoms. The summed E-state index contributed by atoms with van der Waals surface area (Å²) in [6, 6.07) is 15.9. The van der Waals surface area contributed by atoms with E-state index in [0.29, 0.717) is 24.1 Å². The van der Waals surface area contributed by atoms with Crippen LogP contribution in [-0.4, -0.2) is 34.5 Å². The van der Waals surface area contributed by atoms with Gasteiger partial charge in [-0.3, -0.25) is 9.59 Å². The molecular weight excluding hydrogens is 304 g/mol. The monoisotopic (exact) mass is 326 g/mol. The lowest BCUT2D eigenvalue weighted by Gasteiger charge is -2.29. The van der Waals surface area contributed by atoms with Crippen molar-refractivity contribution >= 4 is 11.8 Å². The molecule has 0 aliphatic rings. The molecule has 0 aliphatic heterocycles. The zero-order chi connectivity index (χ0) is 17.5. The third-order valence-electron chi connectivity index (χ3n) is 3.95. The Bertz CT molecular complexity index is 684. The lowest BCUT2D eigenvalue weighted by atomic mass is 10.1. The highest BCUT2D eigenvalue weighted by Gasteiger charge is 2.21. The molecule has 126 valence electrons. The summed E-state index contributed by atoms with van der Waals surface area (Å²) >= 11 is 0. The maximum Gasteiger partial charge on any atom is 0.254 e. The molecule has 2 amide bonds. The summed E-state index contributed by atoms with van der Waals surface area (Å²) in [7, 11) is 0. The molecule has 0 heterocycles. The van der Waals surface area contributed by atoms with Crippen LogP contribution in [0.2, 0.25) is 0 Å². The number of hydrogen-bond acceptors (Lipinski definition) is 3. The molecule has 0 radical (unpaired) electrons. The van der Waals surface area contributed by atoms with Crippen LogP contribution in [0.1, 0.15) is 39.6 Å². The number of carbonyl (C=O) groups excluding carboxylic acids is 2. The normalized spacial score (nSPS) is 11.8. The van der Waals surface area contributed by atoms with E-state index in [0.717, 1.165) is 5.56 Å². The molecule has 2 aromatic carbocycles. The highest BCUT2D eigenvalue weighted by molar-refractivity contribution is 5.97. The Morgan fingerprint density at radius 1 is 1.04 bits per heavy atom. The van der Waals surface area contributed by atoms with Gasteiger partial charge >= 0.3 is 0 Å². The maximum absolute atomic E-state index is 12.9. The van der Waals surface area contributed by atoms with E-state index in [4.69, 9.17) is 5.73 Å². The number of amides is 2. The Morgan fingerprint density at radius 3 is 2.17 bits per heavy atom. The van der Waals surface area contributed by atoms with Crippen LogP contribution >= 0.6 is 0 Å². The van der Waals surface area contributed by atoms with Crippen molar-refractivity contribution in [3.05, 3.63) is 71.3 Å². The van der Waals surface area contributed by atoms with Crippen LogP contribution in [0.3, 0.4) is 0 Å². The van der Waals surface area contributed by atoms with E-state index < -0.39 is 5.91 Å². The molecule has 1 atom stereocenters. The van der Waals surface area contributed by atoms with Gasteiger partial charge in [-0.1, -0.05) is 30.3 Å². The minimum atomic E-state index is -0.524. The Balaban J connectivity index is 2.24. The summed E-state index contributed by atoms with van der Waals surface area (Å²) in [6.45, 7) is 2.38. The Morgan fingerprint density at radius 2 is 1.62 bits per heavy atom. The first-order valence-electron chi connectivity index (χ1n) is 7.88. The van der Waals surface area contributed by atoms with Crippen LogP contribution in [0.15, 0.2) is 54.6 Å². The molecule has 0 aromatic heterocycles. The second-order valence-electron chi connectivity index (χ2n) is 5.72. The summed E-state index contributed by atoms with van der Waals surface area (Å²) in [6.07, 6.45) is 0.498. The molecule has 0 saturated carbocycles. The summed E-state index contributed by atoms with van der Waals surface area (Å²) in [5.74, 6) is -0.667. The minimum Gasteiger partial charge on any atom is -0.396 e.